The molecule has 7 heteroatoms. The molecule has 1 aromatic carbocycles. The smallest absolute Gasteiger partial charge is 0.238 e. The molecule has 0 spiro atoms. The number of benzene rings is 1. The Morgan fingerprint density at radius 1 is 1.32 bits per heavy atom. The van der Waals surface area contributed by atoms with E-state index in [0.29, 0.717) is 12.4 Å². The monoisotopic (exact) mass is 305 g/mol. The Balaban J connectivity index is 2.39. The van der Waals surface area contributed by atoms with Gasteiger partial charge in [-0.15, -0.1) is 0 Å². The third kappa shape index (κ3) is 5.82. The summed E-state index contributed by atoms with van der Waals surface area (Å²) in [6.07, 6.45) is -0.348. The zero-order valence-corrected chi connectivity index (χ0v) is 12.6. The van der Waals surface area contributed by atoms with E-state index in [1.807, 2.05) is 6.92 Å². The lowest BCUT2D eigenvalue weighted by atomic mass is 10.3. The van der Waals surface area contributed by atoms with Crippen LogP contribution in [0.4, 0.5) is 0 Å². The van der Waals surface area contributed by atoms with Crippen LogP contribution in [0.25, 0.3) is 0 Å². The summed E-state index contributed by atoms with van der Waals surface area (Å²) in [5, 5.41) is 14.5. The number of hydrogen-bond donors (Lipinski definition) is 2. The average molecular weight is 305 g/mol. The van der Waals surface area contributed by atoms with Gasteiger partial charge in [0.15, 0.2) is 0 Å². The Kier molecular flexibility index (Phi) is 6.12. The fourth-order valence-corrected chi connectivity index (χ4v) is 2.60. The molecule has 1 rings (SSSR count). The van der Waals surface area contributed by atoms with E-state index < -0.39 is 10.0 Å². The van der Waals surface area contributed by atoms with E-state index >= 15 is 0 Å². The van der Waals surface area contributed by atoms with E-state index in [9.17, 15) is 13.5 Å². The number of ether oxygens (including phenoxy) is 1. The van der Waals surface area contributed by atoms with E-state index in [0.717, 1.165) is 5.75 Å². The van der Waals surface area contributed by atoms with Crippen LogP contribution >= 0.6 is 11.8 Å². The third-order valence-corrected chi connectivity index (χ3v) is 4.82. The van der Waals surface area contributed by atoms with Gasteiger partial charge in [0, 0.05) is 11.0 Å². The Labute approximate surface area is 118 Å². The minimum atomic E-state index is -3.65. The van der Waals surface area contributed by atoms with E-state index in [2.05, 4.69) is 0 Å². The maximum Gasteiger partial charge on any atom is 0.238 e. The molecule has 0 radical (unpaired) electrons. The summed E-state index contributed by atoms with van der Waals surface area (Å²) >= 11 is 1.62. The van der Waals surface area contributed by atoms with Crippen LogP contribution in [-0.2, 0) is 10.0 Å². The van der Waals surface area contributed by atoms with Gasteiger partial charge in [0.1, 0.15) is 5.75 Å². The van der Waals surface area contributed by atoms with Crippen molar-refractivity contribution in [2.45, 2.75) is 30.1 Å². The first kappa shape index (κ1) is 16.3. The van der Waals surface area contributed by atoms with Gasteiger partial charge >= 0.3 is 0 Å². The summed E-state index contributed by atoms with van der Waals surface area (Å²) < 4.78 is 27.6. The van der Waals surface area contributed by atoms with Gasteiger partial charge in [-0.05, 0) is 31.2 Å². The van der Waals surface area contributed by atoms with E-state index in [4.69, 9.17) is 9.88 Å². The highest BCUT2D eigenvalue weighted by atomic mass is 32.2. The molecule has 2 unspecified atom stereocenters. The second kappa shape index (κ2) is 7.14. The number of nitrogens with two attached hydrogens (primary N) is 1. The van der Waals surface area contributed by atoms with Crippen LogP contribution in [0.1, 0.15) is 13.8 Å². The van der Waals surface area contributed by atoms with Crippen molar-refractivity contribution in [3.63, 3.8) is 0 Å². The van der Waals surface area contributed by atoms with Gasteiger partial charge in [0.25, 0.3) is 0 Å². The SMILES string of the molecule is CC(O)C(C)SCCOc1ccc(S(N)(=O)=O)cc1. The summed E-state index contributed by atoms with van der Waals surface area (Å²) in [5.74, 6) is 1.35. The molecular formula is C12H19NO4S2. The molecule has 0 aromatic heterocycles. The number of aliphatic hydroxyl groups is 1. The lowest BCUT2D eigenvalue weighted by Crippen LogP contribution is -2.17. The van der Waals surface area contributed by atoms with Crippen molar-refractivity contribution in [2.75, 3.05) is 12.4 Å². The van der Waals surface area contributed by atoms with Gasteiger partial charge in [-0.25, -0.2) is 13.6 Å². The molecule has 0 aliphatic heterocycles. The lowest BCUT2D eigenvalue weighted by Gasteiger charge is -2.14. The summed E-state index contributed by atoms with van der Waals surface area (Å²) in [5.41, 5.74) is 0. The number of primary sulfonamides is 1. The Bertz CT molecular complexity index is 485. The molecule has 0 bridgehead atoms. The minimum absolute atomic E-state index is 0.0666. The summed E-state index contributed by atoms with van der Waals surface area (Å²) in [4.78, 5) is 0.0666. The number of sulfonamides is 1. The maximum atomic E-state index is 11.1. The van der Waals surface area contributed by atoms with Gasteiger partial charge in [0.2, 0.25) is 10.0 Å². The molecule has 1 aromatic rings. The highest BCUT2D eigenvalue weighted by molar-refractivity contribution is 7.99. The molecule has 0 aliphatic carbocycles. The Morgan fingerprint density at radius 2 is 1.89 bits per heavy atom. The summed E-state index contributed by atoms with van der Waals surface area (Å²) in [7, 11) is -3.65. The molecule has 0 fully saturated rings. The number of aliphatic hydroxyl groups excluding tert-OH is 1. The van der Waals surface area contributed by atoms with Crippen LogP contribution in [0.15, 0.2) is 29.2 Å². The quantitative estimate of drug-likeness (QED) is 0.739. The van der Waals surface area contributed by atoms with Crippen molar-refractivity contribution in [3.8, 4) is 5.75 Å². The Morgan fingerprint density at radius 3 is 2.37 bits per heavy atom. The van der Waals surface area contributed by atoms with Crippen LogP contribution in [0.3, 0.4) is 0 Å². The standard InChI is InChI=1S/C12H19NO4S2/c1-9(14)10(2)18-8-7-17-11-3-5-12(6-4-11)19(13,15)16/h3-6,9-10,14H,7-8H2,1-2H3,(H2,13,15,16). The van der Waals surface area contributed by atoms with E-state index in [-0.39, 0.29) is 16.2 Å². The average Bonchev–Trinajstić information content (AvgIpc) is 2.33. The second-order valence-corrected chi connectivity index (χ2v) is 7.23. The van der Waals surface area contributed by atoms with Gasteiger partial charge in [-0.1, -0.05) is 6.92 Å². The fourth-order valence-electron chi connectivity index (χ4n) is 1.26. The number of thioether (sulfide) groups is 1. The molecule has 108 valence electrons. The third-order valence-electron chi connectivity index (χ3n) is 2.56. The van der Waals surface area contributed by atoms with Crippen LogP contribution < -0.4 is 9.88 Å². The first-order chi connectivity index (χ1) is 8.80. The Hall–Kier alpha value is -0.760. The molecule has 2 atom stereocenters. The van der Waals surface area contributed by atoms with Crippen LogP contribution in [0.2, 0.25) is 0 Å². The number of rotatable bonds is 7. The highest BCUT2D eigenvalue weighted by Crippen LogP contribution is 2.17. The minimum Gasteiger partial charge on any atom is -0.493 e. The van der Waals surface area contributed by atoms with Crippen molar-refractivity contribution in [2.24, 2.45) is 5.14 Å². The zero-order valence-electron chi connectivity index (χ0n) is 10.9. The fraction of sp³-hybridized carbons (Fsp3) is 0.500. The van der Waals surface area contributed by atoms with Crippen molar-refractivity contribution in [1.29, 1.82) is 0 Å². The molecular weight excluding hydrogens is 286 g/mol. The molecule has 3 N–H and O–H groups in total. The van der Waals surface area contributed by atoms with Crippen molar-refractivity contribution in [3.05, 3.63) is 24.3 Å². The van der Waals surface area contributed by atoms with Crippen LogP contribution in [0.5, 0.6) is 5.75 Å². The lowest BCUT2D eigenvalue weighted by molar-refractivity contribution is 0.196. The van der Waals surface area contributed by atoms with Gasteiger partial charge in [0.05, 0.1) is 17.6 Å². The summed E-state index contributed by atoms with van der Waals surface area (Å²) in [6.45, 7) is 4.21. The maximum absolute atomic E-state index is 11.1. The zero-order chi connectivity index (χ0) is 14.5. The first-order valence-electron chi connectivity index (χ1n) is 5.86. The van der Waals surface area contributed by atoms with Crippen LogP contribution in [-0.4, -0.2) is 37.2 Å². The van der Waals surface area contributed by atoms with Gasteiger partial charge < -0.3 is 9.84 Å². The largest absolute Gasteiger partial charge is 0.493 e. The molecule has 0 amide bonds. The van der Waals surface area contributed by atoms with Crippen molar-refractivity contribution >= 4 is 21.8 Å². The highest BCUT2D eigenvalue weighted by Gasteiger charge is 2.09. The summed E-state index contributed by atoms with van der Waals surface area (Å²) in [6, 6.07) is 5.97. The van der Waals surface area contributed by atoms with Crippen molar-refractivity contribution in [1.82, 2.24) is 0 Å². The van der Waals surface area contributed by atoms with Gasteiger partial charge in [-0.2, -0.15) is 11.8 Å². The topological polar surface area (TPSA) is 89.6 Å². The first-order valence-corrected chi connectivity index (χ1v) is 8.45. The van der Waals surface area contributed by atoms with E-state index in [1.54, 1.807) is 30.8 Å². The molecule has 0 aliphatic rings. The van der Waals surface area contributed by atoms with E-state index in [1.165, 1.54) is 12.1 Å². The normalized spacial score (nSPS) is 14.9. The number of hydrogen-bond acceptors (Lipinski definition) is 5. The molecule has 0 heterocycles. The van der Waals surface area contributed by atoms with Gasteiger partial charge in [-0.3, -0.25) is 0 Å². The molecule has 19 heavy (non-hydrogen) atoms. The predicted octanol–water partition coefficient (Wildman–Crippen LogP) is 1.22. The molecule has 0 saturated carbocycles. The second-order valence-electron chi connectivity index (χ2n) is 4.18. The van der Waals surface area contributed by atoms with Crippen LogP contribution in [0, 0.1) is 0 Å². The molecule has 0 saturated heterocycles. The van der Waals surface area contributed by atoms with Crippen molar-refractivity contribution < 1.29 is 18.3 Å². The molecule has 5 nitrogen and oxygen atoms in total. The predicted molar refractivity (Wildman–Crippen MR) is 76.9 cm³/mol.